The molecule has 0 aliphatic carbocycles. The molecule has 0 atom stereocenters. The maximum absolute atomic E-state index is 12.5. The molecule has 0 aliphatic rings. The van der Waals surface area contributed by atoms with Gasteiger partial charge in [0.05, 0.1) is 17.1 Å². The molecule has 2 aromatic carbocycles. The minimum atomic E-state index is 0.0416. The van der Waals surface area contributed by atoms with Crippen LogP contribution in [0.3, 0.4) is 0 Å². The van der Waals surface area contributed by atoms with Gasteiger partial charge in [-0.2, -0.15) is 0 Å². The van der Waals surface area contributed by atoms with Crippen LogP contribution in [0, 0.1) is 6.92 Å². The average molecular weight is 408 g/mol. The van der Waals surface area contributed by atoms with Crippen molar-refractivity contribution in [2.45, 2.75) is 40.3 Å². The fourth-order valence-electron chi connectivity index (χ4n) is 3.30. The van der Waals surface area contributed by atoms with Gasteiger partial charge in [-0.25, -0.2) is 4.98 Å². The predicted molar refractivity (Wildman–Crippen MR) is 121 cm³/mol. The van der Waals surface area contributed by atoms with Gasteiger partial charge in [0.1, 0.15) is 0 Å². The summed E-state index contributed by atoms with van der Waals surface area (Å²) in [4.78, 5) is 19.3. The van der Waals surface area contributed by atoms with Crippen LogP contribution in [0.1, 0.15) is 35.5 Å². The number of hydrogen-bond donors (Lipinski definition) is 1. The third kappa shape index (κ3) is 5.99. The summed E-state index contributed by atoms with van der Waals surface area (Å²) in [6, 6.07) is 16.5. The fraction of sp³-hybridized carbons (Fsp3) is 0.333. The first-order valence-electron chi connectivity index (χ1n) is 10.2. The van der Waals surface area contributed by atoms with E-state index >= 15 is 0 Å². The Morgan fingerprint density at radius 2 is 1.72 bits per heavy atom. The predicted octanol–water partition coefficient (Wildman–Crippen LogP) is 4.82. The molecule has 3 rings (SSSR count). The minimum absolute atomic E-state index is 0.0416. The molecule has 4 nitrogen and oxygen atoms in total. The van der Waals surface area contributed by atoms with Crippen molar-refractivity contribution in [3.05, 3.63) is 75.6 Å². The van der Waals surface area contributed by atoms with Crippen LogP contribution in [-0.4, -0.2) is 28.9 Å². The molecule has 0 unspecified atom stereocenters. The number of aromatic nitrogens is 1. The summed E-state index contributed by atoms with van der Waals surface area (Å²) in [6.45, 7) is 9.88. The summed E-state index contributed by atoms with van der Waals surface area (Å²) in [7, 11) is 0. The molecule has 0 bridgehead atoms. The Kier molecular flexibility index (Phi) is 7.55. The highest BCUT2D eigenvalue weighted by molar-refractivity contribution is 7.09. The number of thiazole rings is 1. The third-order valence-electron chi connectivity index (χ3n) is 5.12. The summed E-state index contributed by atoms with van der Waals surface area (Å²) in [5, 5.41) is 6.20. The van der Waals surface area contributed by atoms with Gasteiger partial charge in [0.15, 0.2) is 0 Å². The van der Waals surface area contributed by atoms with Gasteiger partial charge in [-0.3, -0.25) is 9.69 Å². The van der Waals surface area contributed by atoms with E-state index in [4.69, 9.17) is 0 Å². The van der Waals surface area contributed by atoms with Crippen molar-refractivity contribution in [2.24, 2.45) is 0 Å². The van der Waals surface area contributed by atoms with E-state index in [2.05, 4.69) is 52.6 Å². The largest absolute Gasteiger partial charge is 0.352 e. The van der Waals surface area contributed by atoms with Gasteiger partial charge >= 0.3 is 0 Å². The number of nitrogens with zero attached hydrogens (tertiary/aromatic N) is 2. The zero-order valence-corrected chi connectivity index (χ0v) is 18.3. The maximum atomic E-state index is 12.5. The lowest BCUT2D eigenvalue weighted by molar-refractivity contribution is -0.120. The second-order valence-corrected chi connectivity index (χ2v) is 8.19. The summed E-state index contributed by atoms with van der Waals surface area (Å²) in [5.74, 6) is 0.0416. The first-order valence-corrected chi connectivity index (χ1v) is 11.0. The molecule has 0 aliphatic heterocycles. The first-order chi connectivity index (χ1) is 14.1. The summed E-state index contributed by atoms with van der Waals surface area (Å²) in [6.07, 6.45) is 0.384. The summed E-state index contributed by atoms with van der Waals surface area (Å²) >= 11 is 1.65. The Labute approximate surface area is 177 Å². The van der Waals surface area contributed by atoms with Crippen molar-refractivity contribution in [2.75, 3.05) is 13.1 Å². The SMILES string of the molecule is CCN(CC)Cc1ccccc1CNC(=O)Cc1ccc(-c2csc(C)n2)cc1. The standard InChI is InChI=1S/C24H29N3OS/c1-4-27(5-2)16-22-9-7-6-8-21(22)15-25-24(28)14-19-10-12-20(13-11-19)23-17-29-18(3)26-23/h6-13,17H,4-5,14-16H2,1-3H3,(H,25,28). The minimum Gasteiger partial charge on any atom is -0.352 e. The van der Waals surface area contributed by atoms with Crippen LogP contribution in [0.15, 0.2) is 53.9 Å². The van der Waals surface area contributed by atoms with E-state index in [0.29, 0.717) is 13.0 Å². The quantitative estimate of drug-likeness (QED) is 0.553. The molecule has 5 heteroatoms. The van der Waals surface area contributed by atoms with Gasteiger partial charge in [-0.15, -0.1) is 11.3 Å². The van der Waals surface area contributed by atoms with Gasteiger partial charge in [-0.1, -0.05) is 62.4 Å². The van der Waals surface area contributed by atoms with Crippen molar-refractivity contribution in [3.63, 3.8) is 0 Å². The summed E-state index contributed by atoms with van der Waals surface area (Å²) < 4.78 is 0. The van der Waals surface area contributed by atoms with Crippen LogP contribution in [0.25, 0.3) is 11.3 Å². The average Bonchev–Trinajstić information content (AvgIpc) is 3.18. The third-order valence-corrected chi connectivity index (χ3v) is 5.89. The van der Waals surface area contributed by atoms with Gasteiger partial charge < -0.3 is 5.32 Å². The maximum Gasteiger partial charge on any atom is 0.224 e. The summed E-state index contributed by atoms with van der Waals surface area (Å²) in [5.41, 5.74) is 5.55. The lowest BCUT2D eigenvalue weighted by atomic mass is 10.1. The Morgan fingerprint density at radius 3 is 2.34 bits per heavy atom. The molecule has 0 spiro atoms. The van der Waals surface area contributed by atoms with Crippen LogP contribution in [0.2, 0.25) is 0 Å². The number of rotatable bonds is 9. The van der Waals surface area contributed by atoms with Crippen molar-refractivity contribution in [3.8, 4) is 11.3 Å². The normalized spacial score (nSPS) is 11.0. The van der Waals surface area contributed by atoms with Crippen LogP contribution < -0.4 is 5.32 Å². The molecule has 0 saturated heterocycles. The van der Waals surface area contributed by atoms with E-state index in [0.717, 1.165) is 41.5 Å². The molecule has 29 heavy (non-hydrogen) atoms. The first kappa shape index (κ1) is 21.2. The van der Waals surface area contributed by atoms with Crippen molar-refractivity contribution < 1.29 is 4.79 Å². The molecule has 1 N–H and O–H groups in total. The smallest absolute Gasteiger partial charge is 0.224 e. The van der Waals surface area contributed by atoms with E-state index in [9.17, 15) is 4.79 Å². The van der Waals surface area contributed by atoms with Crippen molar-refractivity contribution in [1.82, 2.24) is 15.2 Å². The van der Waals surface area contributed by atoms with Crippen molar-refractivity contribution >= 4 is 17.2 Å². The molecule has 1 amide bonds. The lowest BCUT2D eigenvalue weighted by Gasteiger charge is -2.20. The topological polar surface area (TPSA) is 45.2 Å². The Bertz CT molecular complexity index is 929. The number of aryl methyl sites for hydroxylation is 1. The molecular formula is C24H29N3OS. The van der Waals surface area contributed by atoms with E-state index in [1.54, 1.807) is 11.3 Å². The number of carbonyl (C=O) groups is 1. The number of nitrogens with one attached hydrogen (secondary N) is 1. The van der Waals surface area contributed by atoms with Crippen LogP contribution in [-0.2, 0) is 24.3 Å². The zero-order chi connectivity index (χ0) is 20.6. The Balaban J connectivity index is 1.56. The lowest BCUT2D eigenvalue weighted by Crippen LogP contribution is -2.27. The van der Waals surface area contributed by atoms with E-state index < -0.39 is 0 Å². The van der Waals surface area contributed by atoms with Crippen LogP contribution >= 0.6 is 11.3 Å². The number of benzene rings is 2. The Morgan fingerprint density at radius 1 is 1.03 bits per heavy atom. The van der Waals surface area contributed by atoms with E-state index in [1.807, 2.05) is 37.3 Å². The molecule has 0 fully saturated rings. The molecule has 1 aromatic heterocycles. The molecule has 0 radical (unpaired) electrons. The van der Waals surface area contributed by atoms with Crippen LogP contribution in [0.4, 0.5) is 0 Å². The highest BCUT2D eigenvalue weighted by atomic mass is 32.1. The fourth-order valence-corrected chi connectivity index (χ4v) is 3.93. The van der Waals surface area contributed by atoms with Crippen LogP contribution in [0.5, 0.6) is 0 Å². The monoisotopic (exact) mass is 407 g/mol. The van der Waals surface area contributed by atoms with Gasteiger partial charge in [0.2, 0.25) is 5.91 Å². The van der Waals surface area contributed by atoms with Crippen molar-refractivity contribution in [1.29, 1.82) is 0 Å². The number of hydrogen-bond acceptors (Lipinski definition) is 4. The zero-order valence-electron chi connectivity index (χ0n) is 17.4. The van der Waals surface area contributed by atoms with Gasteiger partial charge in [-0.05, 0) is 36.7 Å². The second kappa shape index (κ2) is 10.3. The second-order valence-electron chi connectivity index (χ2n) is 7.13. The van der Waals surface area contributed by atoms with Gasteiger partial charge in [0.25, 0.3) is 0 Å². The molecule has 1 heterocycles. The Hall–Kier alpha value is -2.50. The number of carbonyl (C=O) groups excluding carboxylic acids is 1. The van der Waals surface area contributed by atoms with Gasteiger partial charge in [0, 0.05) is 24.0 Å². The number of amides is 1. The molecule has 152 valence electrons. The molecular weight excluding hydrogens is 378 g/mol. The van der Waals surface area contributed by atoms with E-state index in [-0.39, 0.29) is 5.91 Å². The highest BCUT2D eigenvalue weighted by Gasteiger charge is 2.09. The molecule has 0 saturated carbocycles. The molecule has 3 aromatic rings. The highest BCUT2D eigenvalue weighted by Crippen LogP contribution is 2.22. The van der Waals surface area contributed by atoms with E-state index in [1.165, 1.54) is 11.1 Å².